The average Bonchev–Trinajstić information content (AvgIpc) is 3.29. The fourth-order valence-electron chi connectivity index (χ4n) is 2.91. The number of aromatic amines is 1. The van der Waals surface area contributed by atoms with Gasteiger partial charge in [0, 0.05) is 36.3 Å². The van der Waals surface area contributed by atoms with E-state index < -0.39 is 10.0 Å². The number of hydrogen-bond acceptors (Lipinski definition) is 3. The first-order valence-electron chi connectivity index (χ1n) is 7.37. The second-order valence-electron chi connectivity index (χ2n) is 5.86. The summed E-state index contributed by atoms with van der Waals surface area (Å²) in [7, 11) is -3.18. The molecular weight excluding hydrogens is 305 g/mol. The maximum atomic E-state index is 13.1. The first-order chi connectivity index (χ1) is 10.6. The van der Waals surface area contributed by atoms with Crippen LogP contribution in [0, 0.1) is 5.82 Å². The Hall–Kier alpha value is -1.73. The first-order valence-corrected chi connectivity index (χ1v) is 8.87. The average molecular weight is 321 g/mol. The molecule has 7 heteroatoms. The van der Waals surface area contributed by atoms with Crippen molar-refractivity contribution in [3.05, 3.63) is 41.3 Å². The van der Waals surface area contributed by atoms with Crippen LogP contribution in [0.1, 0.15) is 24.1 Å². The standard InChI is InChI=1S/C15H16FN3O2S/c16-11-3-1-10(2-4-11)15-13-9-19(8-7-14(13)17-18-15)22(20,21)12-5-6-12/h1-4,12H,5-9H2,(H,17,18). The summed E-state index contributed by atoms with van der Waals surface area (Å²) in [6, 6.07) is 6.11. The third-order valence-electron chi connectivity index (χ3n) is 4.32. The highest BCUT2D eigenvalue weighted by atomic mass is 32.2. The van der Waals surface area contributed by atoms with E-state index in [-0.39, 0.29) is 11.1 Å². The molecule has 2 aromatic rings. The molecule has 2 aliphatic rings. The molecule has 1 aliphatic heterocycles. The van der Waals surface area contributed by atoms with Gasteiger partial charge >= 0.3 is 0 Å². The molecule has 4 rings (SSSR count). The molecular formula is C15H16FN3O2S. The lowest BCUT2D eigenvalue weighted by Gasteiger charge is -2.26. The molecule has 22 heavy (non-hydrogen) atoms. The van der Waals surface area contributed by atoms with Crippen molar-refractivity contribution in [2.45, 2.75) is 31.1 Å². The first kappa shape index (κ1) is 13.9. The summed E-state index contributed by atoms with van der Waals surface area (Å²) in [5, 5.41) is 7.10. The number of hydrogen-bond donors (Lipinski definition) is 1. The fraction of sp³-hybridized carbons (Fsp3) is 0.400. The van der Waals surface area contributed by atoms with Crippen LogP contribution in [0.5, 0.6) is 0 Å². The molecule has 0 unspecified atom stereocenters. The van der Waals surface area contributed by atoms with Crippen LogP contribution in [0.2, 0.25) is 0 Å². The summed E-state index contributed by atoms with van der Waals surface area (Å²) < 4.78 is 39.5. The van der Waals surface area contributed by atoms with Crippen molar-refractivity contribution >= 4 is 10.0 Å². The minimum atomic E-state index is -3.18. The Bertz CT molecular complexity index is 810. The molecule has 1 saturated carbocycles. The van der Waals surface area contributed by atoms with Crippen LogP contribution in [-0.4, -0.2) is 34.7 Å². The fourth-order valence-corrected chi connectivity index (χ4v) is 4.72. The van der Waals surface area contributed by atoms with Gasteiger partial charge in [0.25, 0.3) is 0 Å². The molecule has 2 heterocycles. The SMILES string of the molecule is O=S(=O)(C1CC1)N1CCc2[nH]nc(-c3ccc(F)cc3)c2C1. The normalized spacial score (nSPS) is 19.1. The largest absolute Gasteiger partial charge is 0.282 e. The van der Waals surface area contributed by atoms with Gasteiger partial charge in [-0.25, -0.2) is 12.8 Å². The quantitative estimate of drug-likeness (QED) is 0.941. The number of nitrogens with one attached hydrogen (secondary N) is 1. The molecule has 1 aliphatic carbocycles. The number of nitrogens with zero attached hydrogens (tertiary/aromatic N) is 2. The van der Waals surface area contributed by atoms with Crippen LogP contribution in [-0.2, 0) is 23.0 Å². The van der Waals surface area contributed by atoms with Crippen LogP contribution in [0.25, 0.3) is 11.3 Å². The number of rotatable bonds is 3. The van der Waals surface area contributed by atoms with E-state index in [1.54, 1.807) is 16.4 Å². The van der Waals surface area contributed by atoms with E-state index in [1.165, 1.54) is 12.1 Å². The molecule has 1 N–H and O–H groups in total. The number of H-pyrrole nitrogens is 1. The third-order valence-corrected chi connectivity index (χ3v) is 6.67. The lowest BCUT2D eigenvalue weighted by atomic mass is 10.0. The Kier molecular flexibility index (Phi) is 3.09. The Morgan fingerprint density at radius 1 is 1.23 bits per heavy atom. The smallest absolute Gasteiger partial charge is 0.217 e. The van der Waals surface area contributed by atoms with Crippen molar-refractivity contribution in [2.24, 2.45) is 0 Å². The van der Waals surface area contributed by atoms with Crippen LogP contribution in [0.3, 0.4) is 0 Å². The summed E-state index contributed by atoms with van der Waals surface area (Å²) in [4.78, 5) is 0. The third kappa shape index (κ3) is 2.24. The second-order valence-corrected chi connectivity index (χ2v) is 8.08. The van der Waals surface area contributed by atoms with Crippen LogP contribution < -0.4 is 0 Å². The predicted molar refractivity (Wildman–Crippen MR) is 80.0 cm³/mol. The zero-order valence-electron chi connectivity index (χ0n) is 11.9. The molecule has 0 amide bonds. The van der Waals surface area contributed by atoms with Crippen molar-refractivity contribution in [3.63, 3.8) is 0 Å². The molecule has 0 saturated heterocycles. The Morgan fingerprint density at radius 2 is 1.95 bits per heavy atom. The molecule has 1 aromatic carbocycles. The number of sulfonamides is 1. The highest BCUT2D eigenvalue weighted by molar-refractivity contribution is 7.90. The lowest BCUT2D eigenvalue weighted by molar-refractivity contribution is 0.389. The molecule has 116 valence electrons. The van der Waals surface area contributed by atoms with E-state index in [4.69, 9.17) is 0 Å². The molecule has 0 radical (unpaired) electrons. The van der Waals surface area contributed by atoms with E-state index in [1.807, 2.05) is 0 Å². The van der Waals surface area contributed by atoms with Gasteiger partial charge in [-0.1, -0.05) is 0 Å². The Morgan fingerprint density at radius 3 is 2.64 bits per heavy atom. The molecule has 0 bridgehead atoms. The van der Waals surface area contributed by atoms with Gasteiger partial charge < -0.3 is 0 Å². The van der Waals surface area contributed by atoms with Crippen molar-refractivity contribution in [1.29, 1.82) is 0 Å². The van der Waals surface area contributed by atoms with E-state index >= 15 is 0 Å². The van der Waals surface area contributed by atoms with E-state index in [0.717, 1.165) is 29.7 Å². The van der Waals surface area contributed by atoms with Gasteiger partial charge in [0.1, 0.15) is 5.82 Å². The van der Waals surface area contributed by atoms with Crippen LogP contribution in [0.4, 0.5) is 4.39 Å². The Labute approximate surface area is 128 Å². The minimum absolute atomic E-state index is 0.199. The monoisotopic (exact) mass is 321 g/mol. The molecule has 5 nitrogen and oxygen atoms in total. The number of aromatic nitrogens is 2. The van der Waals surface area contributed by atoms with E-state index in [2.05, 4.69) is 10.2 Å². The van der Waals surface area contributed by atoms with Crippen molar-refractivity contribution in [1.82, 2.24) is 14.5 Å². The summed E-state index contributed by atoms with van der Waals surface area (Å²) in [5.41, 5.74) is 3.39. The van der Waals surface area contributed by atoms with Gasteiger partial charge in [-0.2, -0.15) is 9.40 Å². The Balaban J connectivity index is 1.69. The zero-order valence-corrected chi connectivity index (χ0v) is 12.7. The summed E-state index contributed by atoms with van der Waals surface area (Å²) in [6.45, 7) is 0.842. The van der Waals surface area contributed by atoms with E-state index in [0.29, 0.717) is 25.2 Å². The zero-order chi connectivity index (χ0) is 15.3. The van der Waals surface area contributed by atoms with Crippen LogP contribution >= 0.6 is 0 Å². The van der Waals surface area contributed by atoms with Crippen molar-refractivity contribution in [2.75, 3.05) is 6.54 Å². The van der Waals surface area contributed by atoms with E-state index in [9.17, 15) is 12.8 Å². The molecule has 1 aromatic heterocycles. The number of benzene rings is 1. The summed E-state index contributed by atoms with van der Waals surface area (Å²) >= 11 is 0. The van der Waals surface area contributed by atoms with Crippen molar-refractivity contribution in [3.8, 4) is 11.3 Å². The summed E-state index contributed by atoms with van der Waals surface area (Å²) in [5.74, 6) is -0.300. The number of fused-ring (bicyclic) bond motifs is 1. The lowest BCUT2D eigenvalue weighted by Crippen LogP contribution is -2.37. The minimum Gasteiger partial charge on any atom is -0.282 e. The van der Waals surface area contributed by atoms with Gasteiger partial charge in [0.05, 0.1) is 10.9 Å². The van der Waals surface area contributed by atoms with Gasteiger partial charge in [-0.3, -0.25) is 5.10 Å². The predicted octanol–water partition coefficient (Wildman–Crippen LogP) is 2.07. The molecule has 0 atom stereocenters. The maximum absolute atomic E-state index is 13.1. The maximum Gasteiger partial charge on any atom is 0.217 e. The van der Waals surface area contributed by atoms with Gasteiger partial charge in [-0.05, 0) is 37.1 Å². The highest BCUT2D eigenvalue weighted by Gasteiger charge is 2.41. The molecule has 1 fully saturated rings. The van der Waals surface area contributed by atoms with Crippen LogP contribution in [0.15, 0.2) is 24.3 Å². The molecule has 0 spiro atoms. The number of halogens is 1. The topological polar surface area (TPSA) is 66.1 Å². The van der Waals surface area contributed by atoms with Gasteiger partial charge in [0.15, 0.2) is 0 Å². The van der Waals surface area contributed by atoms with Crippen molar-refractivity contribution < 1.29 is 12.8 Å². The second kappa shape index (κ2) is 4.89. The highest BCUT2D eigenvalue weighted by Crippen LogP contribution is 2.35. The van der Waals surface area contributed by atoms with Gasteiger partial charge in [0.2, 0.25) is 10.0 Å². The summed E-state index contributed by atoms with van der Waals surface area (Å²) in [6.07, 6.45) is 2.17. The van der Waals surface area contributed by atoms with Gasteiger partial charge in [-0.15, -0.1) is 0 Å².